The van der Waals surface area contributed by atoms with E-state index < -0.39 is 0 Å². The number of nitriles is 1. The van der Waals surface area contributed by atoms with Crippen molar-refractivity contribution in [1.29, 1.82) is 5.26 Å². The van der Waals surface area contributed by atoms with E-state index in [1.54, 1.807) is 18.2 Å². The summed E-state index contributed by atoms with van der Waals surface area (Å²) in [5, 5.41) is 10.5. The second kappa shape index (κ2) is 5.65. The van der Waals surface area contributed by atoms with Gasteiger partial charge in [0, 0.05) is 5.56 Å². The Morgan fingerprint density at radius 2 is 2.00 bits per heavy atom. The molecule has 0 unspecified atom stereocenters. The molecule has 3 rings (SSSR count). The Morgan fingerprint density at radius 1 is 1.19 bits per heavy atom. The van der Waals surface area contributed by atoms with Gasteiger partial charge in [-0.05, 0) is 24.3 Å². The fourth-order valence-corrected chi connectivity index (χ4v) is 2.34. The first-order valence-corrected chi connectivity index (χ1v) is 6.80. The topological polar surface area (TPSA) is 59.0 Å². The highest BCUT2D eigenvalue weighted by Gasteiger charge is 2.15. The molecule has 0 saturated heterocycles. The smallest absolute Gasteiger partial charge is 0.246 e. The largest absolute Gasteiger partial charge is 0.483 e. The molecule has 2 aromatic heterocycles. The third-order valence-electron chi connectivity index (χ3n) is 2.92. The molecule has 0 saturated carbocycles. The van der Waals surface area contributed by atoms with E-state index in [2.05, 4.69) is 4.98 Å². The lowest BCUT2D eigenvalue weighted by atomic mass is 10.2. The van der Waals surface area contributed by atoms with Gasteiger partial charge in [-0.1, -0.05) is 35.3 Å². The molecule has 0 spiro atoms. The molecule has 104 valence electrons. The zero-order valence-corrected chi connectivity index (χ0v) is 12.1. The summed E-state index contributed by atoms with van der Waals surface area (Å²) in [6.07, 6.45) is 0. The van der Waals surface area contributed by atoms with Crippen LogP contribution in [0.2, 0.25) is 10.3 Å². The van der Waals surface area contributed by atoms with Crippen LogP contribution < -0.4 is 4.74 Å². The van der Waals surface area contributed by atoms with Crippen molar-refractivity contribution in [2.75, 3.05) is 0 Å². The molecule has 0 aliphatic heterocycles. The Bertz CT molecular complexity index is 852. The van der Waals surface area contributed by atoms with Gasteiger partial charge in [0.15, 0.2) is 5.75 Å². The number of aromatic nitrogens is 1. The second-order valence-corrected chi connectivity index (χ2v) is 4.99. The average molecular weight is 319 g/mol. The maximum atomic E-state index is 9.13. The molecule has 2 heterocycles. The van der Waals surface area contributed by atoms with Crippen molar-refractivity contribution in [3.8, 4) is 11.8 Å². The summed E-state index contributed by atoms with van der Waals surface area (Å²) in [6.45, 7) is 0.168. The molecule has 0 radical (unpaired) electrons. The molecule has 4 nitrogen and oxygen atoms in total. The van der Waals surface area contributed by atoms with Crippen LogP contribution >= 0.6 is 23.2 Å². The van der Waals surface area contributed by atoms with Gasteiger partial charge in [-0.25, -0.2) is 4.98 Å². The molecule has 0 bridgehead atoms. The van der Waals surface area contributed by atoms with Gasteiger partial charge in [0.1, 0.15) is 28.6 Å². The van der Waals surface area contributed by atoms with Crippen LogP contribution in [0.25, 0.3) is 11.0 Å². The maximum Gasteiger partial charge on any atom is 0.246 e. The SMILES string of the molecule is N#Cc1oc2ccccc2c1OCc1ccc(Cl)nc1Cl. The number of furan rings is 1. The number of benzene rings is 1. The van der Waals surface area contributed by atoms with Crippen LogP contribution in [0.3, 0.4) is 0 Å². The van der Waals surface area contributed by atoms with Gasteiger partial charge in [-0.3, -0.25) is 0 Å². The van der Waals surface area contributed by atoms with Gasteiger partial charge in [0.05, 0.1) is 5.39 Å². The number of halogens is 2. The van der Waals surface area contributed by atoms with Gasteiger partial charge in [0.2, 0.25) is 5.76 Å². The predicted octanol–water partition coefficient (Wildman–Crippen LogP) is 4.59. The maximum absolute atomic E-state index is 9.13. The molecular formula is C15H8Cl2N2O2. The van der Waals surface area contributed by atoms with Crippen LogP contribution in [-0.4, -0.2) is 4.98 Å². The molecule has 0 aliphatic carbocycles. The number of fused-ring (bicyclic) bond motifs is 1. The Kier molecular flexibility index (Phi) is 3.70. The van der Waals surface area contributed by atoms with Crippen LogP contribution in [0.5, 0.6) is 5.75 Å². The summed E-state index contributed by atoms with van der Waals surface area (Å²) in [4.78, 5) is 3.94. The molecule has 0 amide bonds. The zero-order chi connectivity index (χ0) is 14.8. The third kappa shape index (κ3) is 2.66. The lowest BCUT2D eigenvalue weighted by Crippen LogP contribution is -1.98. The Morgan fingerprint density at radius 3 is 2.76 bits per heavy atom. The first-order valence-electron chi connectivity index (χ1n) is 6.04. The lowest BCUT2D eigenvalue weighted by Gasteiger charge is -2.06. The molecule has 3 aromatic rings. The lowest BCUT2D eigenvalue weighted by molar-refractivity contribution is 0.303. The summed E-state index contributed by atoms with van der Waals surface area (Å²) in [7, 11) is 0. The van der Waals surface area contributed by atoms with Crippen LogP contribution in [0.4, 0.5) is 0 Å². The highest BCUT2D eigenvalue weighted by molar-refractivity contribution is 6.32. The van der Waals surface area contributed by atoms with Crippen molar-refractivity contribution in [2.45, 2.75) is 6.61 Å². The van der Waals surface area contributed by atoms with Crippen molar-refractivity contribution < 1.29 is 9.15 Å². The van der Waals surface area contributed by atoms with Crippen LogP contribution in [-0.2, 0) is 6.61 Å². The molecule has 21 heavy (non-hydrogen) atoms. The normalized spacial score (nSPS) is 10.5. The van der Waals surface area contributed by atoms with E-state index >= 15 is 0 Å². The van der Waals surface area contributed by atoms with E-state index in [9.17, 15) is 0 Å². The van der Waals surface area contributed by atoms with E-state index in [4.69, 9.17) is 37.6 Å². The second-order valence-electron chi connectivity index (χ2n) is 4.24. The van der Waals surface area contributed by atoms with Crippen molar-refractivity contribution in [1.82, 2.24) is 4.98 Å². The highest BCUT2D eigenvalue weighted by Crippen LogP contribution is 2.33. The molecule has 0 fully saturated rings. The van der Waals surface area contributed by atoms with E-state index in [1.165, 1.54) is 0 Å². The van der Waals surface area contributed by atoms with E-state index in [0.29, 0.717) is 22.0 Å². The predicted molar refractivity (Wildman–Crippen MR) is 79.5 cm³/mol. The fraction of sp³-hybridized carbons (Fsp3) is 0.0667. The van der Waals surface area contributed by atoms with E-state index in [-0.39, 0.29) is 17.5 Å². The molecule has 0 aliphatic rings. The fourth-order valence-electron chi connectivity index (χ4n) is 1.94. The minimum atomic E-state index is 0.134. The van der Waals surface area contributed by atoms with Crippen molar-refractivity contribution in [3.05, 3.63) is 58.0 Å². The van der Waals surface area contributed by atoms with Gasteiger partial charge in [-0.2, -0.15) is 5.26 Å². The Balaban J connectivity index is 1.93. The minimum Gasteiger partial charge on any atom is -0.483 e. The Hall–Kier alpha value is -2.22. The van der Waals surface area contributed by atoms with Crippen molar-refractivity contribution in [2.24, 2.45) is 0 Å². The molecule has 0 atom stereocenters. The number of hydrogen-bond acceptors (Lipinski definition) is 4. The minimum absolute atomic E-state index is 0.134. The van der Waals surface area contributed by atoms with E-state index in [0.717, 1.165) is 5.39 Å². The van der Waals surface area contributed by atoms with Crippen LogP contribution in [0.15, 0.2) is 40.8 Å². The summed E-state index contributed by atoms with van der Waals surface area (Å²) >= 11 is 11.7. The number of ether oxygens (including phenoxy) is 1. The average Bonchev–Trinajstić information content (AvgIpc) is 2.84. The van der Waals surface area contributed by atoms with Gasteiger partial charge in [0.25, 0.3) is 0 Å². The first kappa shape index (κ1) is 13.7. The van der Waals surface area contributed by atoms with Crippen LogP contribution in [0, 0.1) is 11.3 Å². The molecular weight excluding hydrogens is 311 g/mol. The molecule has 0 N–H and O–H groups in total. The van der Waals surface area contributed by atoms with Gasteiger partial charge >= 0.3 is 0 Å². The van der Waals surface area contributed by atoms with Crippen LogP contribution in [0.1, 0.15) is 11.3 Å². The third-order valence-corrected chi connectivity index (χ3v) is 3.45. The molecule has 1 aromatic carbocycles. The summed E-state index contributed by atoms with van der Waals surface area (Å²) < 4.78 is 11.1. The highest BCUT2D eigenvalue weighted by atomic mass is 35.5. The first-order chi connectivity index (χ1) is 10.2. The van der Waals surface area contributed by atoms with Crippen molar-refractivity contribution >= 4 is 34.2 Å². The quantitative estimate of drug-likeness (QED) is 0.663. The number of para-hydroxylation sites is 1. The number of nitrogens with zero attached hydrogens (tertiary/aromatic N) is 2. The Labute approximate surface area is 130 Å². The van der Waals surface area contributed by atoms with E-state index in [1.807, 2.05) is 24.3 Å². The summed E-state index contributed by atoms with van der Waals surface area (Å²) in [6, 6.07) is 12.6. The number of hydrogen-bond donors (Lipinski definition) is 0. The van der Waals surface area contributed by atoms with Crippen molar-refractivity contribution in [3.63, 3.8) is 0 Å². The summed E-state index contributed by atoms with van der Waals surface area (Å²) in [5.74, 6) is 0.536. The number of pyridine rings is 1. The standard InChI is InChI=1S/C15H8Cl2N2O2/c16-13-6-5-9(15(17)19-13)8-20-14-10-3-1-2-4-11(10)21-12(14)7-18/h1-6H,8H2. The van der Waals surface area contributed by atoms with Gasteiger partial charge in [-0.15, -0.1) is 0 Å². The summed E-state index contributed by atoms with van der Waals surface area (Å²) in [5.41, 5.74) is 1.28. The zero-order valence-electron chi connectivity index (χ0n) is 10.6. The number of rotatable bonds is 3. The van der Waals surface area contributed by atoms with Gasteiger partial charge < -0.3 is 9.15 Å². The monoisotopic (exact) mass is 318 g/mol. The molecule has 6 heteroatoms.